The molecule has 0 unspecified atom stereocenters. The van der Waals surface area contributed by atoms with Gasteiger partial charge in [0.2, 0.25) is 0 Å². The Morgan fingerprint density at radius 3 is 1.12 bits per heavy atom. The lowest BCUT2D eigenvalue weighted by Crippen LogP contribution is -2.10. The summed E-state index contributed by atoms with van der Waals surface area (Å²) in [5.74, 6) is 0. The topological polar surface area (TPSA) is 20.2 Å². The van der Waals surface area contributed by atoms with E-state index >= 15 is 0 Å². The summed E-state index contributed by atoms with van der Waals surface area (Å²) in [6, 6.07) is 20.8. The molecular formula is C16H20O. The Bertz CT molecular complexity index is 369. The molecule has 2 rings (SSSR count). The maximum absolute atomic E-state index is 8.52. The summed E-state index contributed by atoms with van der Waals surface area (Å²) < 4.78 is 0. The number of aliphatic hydroxyl groups is 1. The van der Waals surface area contributed by atoms with Gasteiger partial charge in [-0.3, -0.25) is 0 Å². The fourth-order valence-electron chi connectivity index (χ4n) is 1.26. The standard InChI is InChI=1S/C12H10.C4H10O/c1-3-7-11(8-4-1)12-9-5-2-6-10-12;1-4(2,3)5/h1-10H;5H,1-3H3. The van der Waals surface area contributed by atoms with Gasteiger partial charge in [-0.15, -0.1) is 0 Å². The molecule has 0 fully saturated rings. The Kier molecular flexibility index (Phi) is 4.92. The van der Waals surface area contributed by atoms with Crippen LogP contribution in [-0.2, 0) is 0 Å². The minimum Gasteiger partial charge on any atom is -0.391 e. The maximum atomic E-state index is 8.52. The molecule has 0 aliphatic heterocycles. The third kappa shape index (κ3) is 6.54. The van der Waals surface area contributed by atoms with Crippen molar-refractivity contribution in [2.24, 2.45) is 0 Å². The van der Waals surface area contributed by atoms with Crippen molar-refractivity contribution in [2.45, 2.75) is 26.4 Å². The molecule has 0 amide bonds. The van der Waals surface area contributed by atoms with Gasteiger partial charge < -0.3 is 5.11 Å². The van der Waals surface area contributed by atoms with E-state index < -0.39 is 5.60 Å². The van der Waals surface area contributed by atoms with Gasteiger partial charge in [0, 0.05) is 0 Å². The zero-order valence-corrected chi connectivity index (χ0v) is 10.7. The van der Waals surface area contributed by atoms with Crippen LogP contribution in [0.15, 0.2) is 60.7 Å². The molecule has 0 aromatic heterocycles. The molecule has 0 saturated heterocycles. The van der Waals surface area contributed by atoms with Crippen molar-refractivity contribution in [1.29, 1.82) is 0 Å². The van der Waals surface area contributed by atoms with E-state index in [1.807, 2.05) is 12.1 Å². The second kappa shape index (κ2) is 6.21. The molecule has 0 aliphatic rings. The molecule has 2 aromatic carbocycles. The lowest BCUT2D eigenvalue weighted by Gasteiger charge is -2.04. The van der Waals surface area contributed by atoms with Crippen molar-refractivity contribution in [3.63, 3.8) is 0 Å². The van der Waals surface area contributed by atoms with Crippen LogP contribution in [-0.4, -0.2) is 10.7 Å². The first-order valence-electron chi connectivity index (χ1n) is 5.79. The molecule has 17 heavy (non-hydrogen) atoms. The summed E-state index contributed by atoms with van der Waals surface area (Å²) in [5.41, 5.74) is 2.05. The molecular weight excluding hydrogens is 208 g/mol. The molecule has 0 spiro atoms. The van der Waals surface area contributed by atoms with Crippen molar-refractivity contribution < 1.29 is 5.11 Å². The van der Waals surface area contributed by atoms with Crippen LogP contribution in [0.3, 0.4) is 0 Å². The van der Waals surface area contributed by atoms with Gasteiger partial charge in [0.15, 0.2) is 0 Å². The fourth-order valence-corrected chi connectivity index (χ4v) is 1.26. The van der Waals surface area contributed by atoms with Gasteiger partial charge in [-0.2, -0.15) is 0 Å². The van der Waals surface area contributed by atoms with Crippen molar-refractivity contribution in [2.75, 3.05) is 0 Å². The summed E-state index contributed by atoms with van der Waals surface area (Å²) in [7, 11) is 0. The largest absolute Gasteiger partial charge is 0.391 e. The zero-order valence-electron chi connectivity index (χ0n) is 10.7. The minimum atomic E-state index is -0.500. The number of rotatable bonds is 1. The summed E-state index contributed by atoms with van der Waals surface area (Å²) in [6.07, 6.45) is 0. The predicted octanol–water partition coefficient (Wildman–Crippen LogP) is 4.13. The molecule has 2 aromatic rings. The lowest BCUT2D eigenvalue weighted by molar-refractivity contribution is 0.102. The Hall–Kier alpha value is -1.60. The monoisotopic (exact) mass is 228 g/mol. The summed E-state index contributed by atoms with van der Waals surface area (Å²) in [4.78, 5) is 0. The lowest BCUT2D eigenvalue weighted by atomic mass is 10.1. The SMILES string of the molecule is CC(C)(C)O.c1ccc(-c2ccccc2)cc1. The highest BCUT2D eigenvalue weighted by Gasteiger charge is 1.97. The first-order chi connectivity index (χ1) is 7.97. The van der Waals surface area contributed by atoms with Gasteiger partial charge in [-0.1, -0.05) is 60.7 Å². The van der Waals surface area contributed by atoms with Crippen LogP contribution in [0.2, 0.25) is 0 Å². The Morgan fingerprint density at radius 1 is 0.647 bits per heavy atom. The van der Waals surface area contributed by atoms with Gasteiger partial charge >= 0.3 is 0 Å². The molecule has 1 heteroatoms. The summed E-state index contributed by atoms with van der Waals surface area (Å²) in [6.45, 7) is 5.23. The van der Waals surface area contributed by atoms with E-state index in [9.17, 15) is 0 Å². The van der Waals surface area contributed by atoms with Gasteiger partial charge in [0.1, 0.15) is 0 Å². The van der Waals surface area contributed by atoms with E-state index in [-0.39, 0.29) is 0 Å². The molecule has 0 aliphatic carbocycles. The van der Waals surface area contributed by atoms with Crippen molar-refractivity contribution >= 4 is 0 Å². The van der Waals surface area contributed by atoms with E-state index in [1.54, 1.807) is 20.8 Å². The zero-order chi connectivity index (χ0) is 12.7. The third-order valence-electron chi connectivity index (χ3n) is 1.88. The third-order valence-corrected chi connectivity index (χ3v) is 1.88. The van der Waals surface area contributed by atoms with Crippen LogP contribution in [0.4, 0.5) is 0 Å². The molecule has 0 atom stereocenters. The minimum absolute atomic E-state index is 0.500. The van der Waals surface area contributed by atoms with E-state index in [0.29, 0.717) is 0 Å². The first-order valence-corrected chi connectivity index (χ1v) is 5.79. The number of benzene rings is 2. The molecule has 0 saturated carbocycles. The Morgan fingerprint density at radius 2 is 0.882 bits per heavy atom. The summed E-state index contributed by atoms with van der Waals surface area (Å²) >= 11 is 0. The maximum Gasteiger partial charge on any atom is 0.0563 e. The van der Waals surface area contributed by atoms with Crippen LogP contribution in [0.25, 0.3) is 11.1 Å². The molecule has 1 N–H and O–H groups in total. The molecule has 0 heterocycles. The molecule has 0 radical (unpaired) electrons. The second-order valence-corrected chi connectivity index (χ2v) is 4.90. The number of hydrogen-bond donors (Lipinski definition) is 1. The van der Waals surface area contributed by atoms with Crippen molar-refractivity contribution in [1.82, 2.24) is 0 Å². The quantitative estimate of drug-likeness (QED) is 0.778. The van der Waals surface area contributed by atoms with Gasteiger partial charge in [-0.25, -0.2) is 0 Å². The number of hydrogen-bond acceptors (Lipinski definition) is 1. The van der Waals surface area contributed by atoms with Crippen LogP contribution in [0, 0.1) is 0 Å². The van der Waals surface area contributed by atoms with Gasteiger partial charge in [-0.05, 0) is 31.9 Å². The summed E-state index contributed by atoms with van der Waals surface area (Å²) in [5, 5.41) is 8.52. The van der Waals surface area contributed by atoms with E-state index in [2.05, 4.69) is 48.5 Å². The second-order valence-electron chi connectivity index (χ2n) is 4.90. The van der Waals surface area contributed by atoms with Crippen LogP contribution in [0.5, 0.6) is 0 Å². The van der Waals surface area contributed by atoms with Crippen LogP contribution < -0.4 is 0 Å². The van der Waals surface area contributed by atoms with Gasteiger partial charge in [0.25, 0.3) is 0 Å². The van der Waals surface area contributed by atoms with E-state index in [1.165, 1.54) is 11.1 Å². The normalized spacial score (nSPS) is 10.4. The molecule has 0 bridgehead atoms. The molecule has 90 valence electrons. The highest BCUT2D eigenvalue weighted by molar-refractivity contribution is 5.62. The van der Waals surface area contributed by atoms with E-state index in [0.717, 1.165) is 0 Å². The Labute approximate surface area is 104 Å². The van der Waals surface area contributed by atoms with Crippen LogP contribution in [0.1, 0.15) is 20.8 Å². The smallest absolute Gasteiger partial charge is 0.0563 e. The first kappa shape index (κ1) is 13.5. The predicted molar refractivity (Wildman–Crippen MR) is 73.8 cm³/mol. The average molecular weight is 228 g/mol. The van der Waals surface area contributed by atoms with Crippen molar-refractivity contribution in [3.8, 4) is 11.1 Å². The highest BCUT2D eigenvalue weighted by atomic mass is 16.3. The highest BCUT2D eigenvalue weighted by Crippen LogP contribution is 2.17. The van der Waals surface area contributed by atoms with Crippen LogP contribution >= 0.6 is 0 Å². The fraction of sp³-hybridized carbons (Fsp3) is 0.250. The van der Waals surface area contributed by atoms with E-state index in [4.69, 9.17) is 5.11 Å². The average Bonchev–Trinajstić information content (AvgIpc) is 2.29. The molecule has 1 nitrogen and oxygen atoms in total. The van der Waals surface area contributed by atoms with Crippen molar-refractivity contribution in [3.05, 3.63) is 60.7 Å². The van der Waals surface area contributed by atoms with Gasteiger partial charge in [0.05, 0.1) is 5.60 Å². The Balaban J connectivity index is 0.000000249.